The zero-order valence-corrected chi connectivity index (χ0v) is 14.1. The molecule has 20 heavy (non-hydrogen) atoms. The van der Waals surface area contributed by atoms with Crippen molar-refractivity contribution < 1.29 is 9.53 Å². The number of Topliss-reactive ketones (excluding diaryl/α,β-unsaturated/α-hetero) is 1. The van der Waals surface area contributed by atoms with Gasteiger partial charge in [-0.15, -0.1) is 0 Å². The van der Waals surface area contributed by atoms with E-state index in [-0.39, 0.29) is 18.0 Å². The van der Waals surface area contributed by atoms with Crippen LogP contribution in [0.2, 0.25) is 5.02 Å². The summed E-state index contributed by atoms with van der Waals surface area (Å²) in [4.78, 5) is 14.5. The molecule has 1 aromatic carbocycles. The summed E-state index contributed by atoms with van der Waals surface area (Å²) in [5.41, 5.74) is 0.601. The van der Waals surface area contributed by atoms with Crippen molar-refractivity contribution >= 4 is 33.3 Å². The molecular formula is C15H19BrClNO2. The van der Waals surface area contributed by atoms with Gasteiger partial charge in [0.2, 0.25) is 0 Å². The number of ketones is 1. The van der Waals surface area contributed by atoms with Crippen LogP contribution < -0.4 is 0 Å². The molecule has 0 saturated carbocycles. The monoisotopic (exact) mass is 359 g/mol. The molecule has 0 bridgehead atoms. The Kier molecular flexibility index (Phi) is 5.61. The summed E-state index contributed by atoms with van der Waals surface area (Å²) in [5.74, 6) is 0.0919. The van der Waals surface area contributed by atoms with Gasteiger partial charge in [-0.1, -0.05) is 27.5 Å². The fourth-order valence-electron chi connectivity index (χ4n) is 2.58. The second-order valence-corrected chi connectivity index (χ2v) is 6.64. The number of hydrogen-bond donors (Lipinski definition) is 0. The first kappa shape index (κ1) is 16.0. The van der Waals surface area contributed by atoms with Crippen LogP contribution in [-0.4, -0.2) is 42.5 Å². The third-order valence-corrected chi connectivity index (χ3v) is 4.19. The summed E-state index contributed by atoms with van der Waals surface area (Å²) in [6, 6.07) is 5.38. The average Bonchev–Trinajstić information content (AvgIpc) is 2.35. The van der Waals surface area contributed by atoms with Gasteiger partial charge in [0.1, 0.15) is 0 Å². The van der Waals surface area contributed by atoms with E-state index in [1.807, 2.05) is 6.07 Å². The van der Waals surface area contributed by atoms with Crippen LogP contribution in [-0.2, 0) is 4.74 Å². The maximum absolute atomic E-state index is 12.2. The van der Waals surface area contributed by atoms with Gasteiger partial charge in [-0.3, -0.25) is 9.69 Å². The third-order valence-electron chi connectivity index (χ3n) is 3.38. The van der Waals surface area contributed by atoms with Gasteiger partial charge in [0.15, 0.2) is 5.78 Å². The van der Waals surface area contributed by atoms with E-state index < -0.39 is 0 Å². The van der Waals surface area contributed by atoms with E-state index in [0.29, 0.717) is 17.0 Å². The number of carbonyl (C=O) groups excluding carboxylic acids is 1. The van der Waals surface area contributed by atoms with Crippen molar-refractivity contribution in [2.45, 2.75) is 32.5 Å². The van der Waals surface area contributed by atoms with Crippen LogP contribution in [0, 0.1) is 0 Å². The number of nitrogens with zero attached hydrogens (tertiary/aromatic N) is 1. The normalized spacial score (nSPS) is 23.8. The van der Waals surface area contributed by atoms with Crippen LogP contribution in [0.1, 0.15) is 30.6 Å². The number of carbonyl (C=O) groups is 1. The Morgan fingerprint density at radius 2 is 2.05 bits per heavy atom. The number of hydrogen-bond acceptors (Lipinski definition) is 3. The summed E-state index contributed by atoms with van der Waals surface area (Å²) >= 11 is 9.45. The molecule has 1 aliphatic rings. The highest BCUT2D eigenvalue weighted by Crippen LogP contribution is 2.22. The highest BCUT2D eigenvalue weighted by Gasteiger charge is 2.22. The molecule has 1 aliphatic heterocycles. The second-order valence-electron chi connectivity index (χ2n) is 5.31. The Morgan fingerprint density at radius 3 is 2.65 bits per heavy atom. The maximum Gasteiger partial charge on any atom is 0.165 e. The first-order valence-corrected chi connectivity index (χ1v) is 7.99. The average molecular weight is 361 g/mol. The molecule has 1 heterocycles. The molecule has 1 aromatic rings. The zero-order valence-electron chi connectivity index (χ0n) is 11.7. The number of rotatable bonds is 4. The predicted octanol–water partition coefficient (Wildman–Crippen LogP) is 3.78. The first-order valence-electron chi connectivity index (χ1n) is 6.81. The van der Waals surface area contributed by atoms with Gasteiger partial charge in [0.05, 0.1) is 17.2 Å². The van der Waals surface area contributed by atoms with Gasteiger partial charge in [-0.2, -0.15) is 0 Å². The molecule has 1 saturated heterocycles. The van der Waals surface area contributed by atoms with Crippen molar-refractivity contribution in [1.29, 1.82) is 0 Å². The smallest absolute Gasteiger partial charge is 0.165 e. The van der Waals surface area contributed by atoms with E-state index in [1.54, 1.807) is 12.1 Å². The Morgan fingerprint density at radius 1 is 1.40 bits per heavy atom. The standard InChI is InChI=1S/C15H19BrClNO2/c1-10-8-18(9-11(2)20-10)6-5-15(19)13-4-3-12(16)7-14(13)17/h3-4,7,10-11H,5-6,8-9H2,1-2H3. The van der Waals surface area contributed by atoms with E-state index in [0.717, 1.165) is 24.1 Å². The van der Waals surface area contributed by atoms with E-state index in [9.17, 15) is 4.79 Å². The Balaban J connectivity index is 1.91. The van der Waals surface area contributed by atoms with Crippen molar-refractivity contribution in [3.8, 4) is 0 Å². The molecule has 110 valence electrons. The van der Waals surface area contributed by atoms with Gasteiger partial charge in [-0.05, 0) is 32.0 Å². The SMILES string of the molecule is CC1CN(CCC(=O)c2ccc(Br)cc2Cl)CC(C)O1. The minimum Gasteiger partial charge on any atom is -0.373 e. The molecule has 2 atom stereocenters. The molecule has 2 rings (SSSR count). The highest BCUT2D eigenvalue weighted by molar-refractivity contribution is 9.10. The largest absolute Gasteiger partial charge is 0.373 e. The third kappa shape index (κ3) is 4.29. The highest BCUT2D eigenvalue weighted by atomic mass is 79.9. The van der Waals surface area contributed by atoms with Crippen LogP contribution in [0.5, 0.6) is 0 Å². The number of benzene rings is 1. The lowest BCUT2D eigenvalue weighted by molar-refractivity contribution is -0.0675. The van der Waals surface area contributed by atoms with Crippen molar-refractivity contribution in [3.63, 3.8) is 0 Å². The molecule has 0 aliphatic carbocycles. The lowest BCUT2D eigenvalue weighted by Gasteiger charge is -2.35. The number of halogens is 2. The van der Waals surface area contributed by atoms with Crippen molar-refractivity contribution in [1.82, 2.24) is 4.90 Å². The molecule has 3 nitrogen and oxygen atoms in total. The van der Waals surface area contributed by atoms with Gasteiger partial charge < -0.3 is 4.74 Å². The van der Waals surface area contributed by atoms with Crippen LogP contribution >= 0.6 is 27.5 Å². The lowest BCUT2D eigenvalue weighted by Crippen LogP contribution is -2.46. The van der Waals surface area contributed by atoms with Crippen molar-refractivity contribution in [3.05, 3.63) is 33.3 Å². The lowest BCUT2D eigenvalue weighted by atomic mass is 10.1. The molecule has 1 fully saturated rings. The van der Waals surface area contributed by atoms with Crippen LogP contribution in [0.15, 0.2) is 22.7 Å². The number of ether oxygens (including phenoxy) is 1. The van der Waals surface area contributed by atoms with Crippen LogP contribution in [0.4, 0.5) is 0 Å². The van der Waals surface area contributed by atoms with E-state index in [1.165, 1.54) is 0 Å². The van der Waals surface area contributed by atoms with Crippen molar-refractivity contribution in [2.24, 2.45) is 0 Å². The fraction of sp³-hybridized carbons (Fsp3) is 0.533. The fourth-order valence-corrected chi connectivity index (χ4v) is 3.36. The Hall–Kier alpha value is -0.420. The zero-order chi connectivity index (χ0) is 14.7. The molecule has 0 spiro atoms. The summed E-state index contributed by atoms with van der Waals surface area (Å²) < 4.78 is 6.57. The summed E-state index contributed by atoms with van der Waals surface area (Å²) in [6.45, 7) is 6.65. The van der Waals surface area contributed by atoms with E-state index >= 15 is 0 Å². The topological polar surface area (TPSA) is 29.5 Å². The molecule has 0 amide bonds. The number of morpholine rings is 1. The quantitative estimate of drug-likeness (QED) is 0.765. The van der Waals surface area contributed by atoms with E-state index in [2.05, 4.69) is 34.7 Å². The Bertz CT molecular complexity index is 485. The molecule has 2 unspecified atom stereocenters. The molecule has 0 aromatic heterocycles. The van der Waals surface area contributed by atoms with Crippen molar-refractivity contribution in [2.75, 3.05) is 19.6 Å². The van der Waals surface area contributed by atoms with E-state index in [4.69, 9.17) is 16.3 Å². The van der Waals surface area contributed by atoms with Crippen LogP contribution in [0.25, 0.3) is 0 Å². The summed E-state index contributed by atoms with van der Waals surface area (Å²) in [5, 5.41) is 0.507. The van der Waals surface area contributed by atoms with Gasteiger partial charge in [0.25, 0.3) is 0 Å². The molecule has 0 radical (unpaired) electrons. The Labute approximate surface area is 133 Å². The minimum atomic E-state index is 0.0919. The minimum absolute atomic E-state index is 0.0919. The van der Waals surface area contributed by atoms with Gasteiger partial charge in [-0.25, -0.2) is 0 Å². The second kappa shape index (κ2) is 7.03. The molecular weight excluding hydrogens is 342 g/mol. The van der Waals surface area contributed by atoms with Crippen LogP contribution in [0.3, 0.4) is 0 Å². The first-order chi connectivity index (χ1) is 9.45. The van der Waals surface area contributed by atoms with Gasteiger partial charge >= 0.3 is 0 Å². The summed E-state index contributed by atoms with van der Waals surface area (Å²) in [7, 11) is 0. The molecule has 0 N–H and O–H groups in total. The predicted molar refractivity (Wildman–Crippen MR) is 84.5 cm³/mol. The maximum atomic E-state index is 12.2. The van der Waals surface area contributed by atoms with Gasteiger partial charge in [0, 0.05) is 36.1 Å². The summed E-state index contributed by atoms with van der Waals surface area (Å²) in [6.07, 6.45) is 0.941. The molecule has 5 heteroatoms.